The van der Waals surface area contributed by atoms with Crippen molar-refractivity contribution in [3.05, 3.63) is 19.8 Å². The molecule has 80 valence electrons. The van der Waals surface area contributed by atoms with E-state index in [1.54, 1.807) is 11.3 Å². The van der Waals surface area contributed by atoms with Gasteiger partial charge in [-0.15, -0.1) is 22.7 Å². The molecule has 0 aliphatic heterocycles. The van der Waals surface area contributed by atoms with Gasteiger partial charge in [-0.3, -0.25) is 0 Å². The summed E-state index contributed by atoms with van der Waals surface area (Å²) in [5.74, 6) is -1.08. The lowest BCUT2D eigenvalue weighted by molar-refractivity contribution is -0.254. The summed E-state index contributed by atoms with van der Waals surface area (Å²) in [5, 5.41) is 10.8. The zero-order valence-corrected chi connectivity index (χ0v) is 11.4. The van der Waals surface area contributed by atoms with Crippen LogP contribution >= 0.6 is 38.6 Å². The van der Waals surface area contributed by atoms with E-state index in [9.17, 15) is 9.90 Å². The predicted molar refractivity (Wildman–Crippen MR) is 65.8 cm³/mol. The Hall–Kier alpha value is -0.390. The van der Waals surface area contributed by atoms with Crippen molar-refractivity contribution in [2.75, 3.05) is 0 Å². The molecule has 2 nitrogen and oxygen atoms in total. The Kier molecular flexibility index (Phi) is 2.87. The van der Waals surface area contributed by atoms with Crippen LogP contribution in [0.25, 0.3) is 9.40 Å². The zero-order valence-electron chi connectivity index (χ0n) is 8.22. The maximum Gasteiger partial charge on any atom is 0.0818 e. The van der Waals surface area contributed by atoms with Gasteiger partial charge in [-0.1, -0.05) is 6.92 Å². The Morgan fingerprint density at radius 3 is 2.53 bits per heavy atom. The molecule has 0 radical (unpaired) electrons. The van der Waals surface area contributed by atoms with Gasteiger partial charge in [0.2, 0.25) is 0 Å². The Bertz CT molecular complexity index is 539. The molecule has 0 aliphatic rings. The molecule has 2 heterocycles. The van der Waals surface area contributed by atoms with Gasteiger partial charge >= 0.3 is 0 Å². The summed E-state index contributed by atoms with van der Waals surface area (Å²) in [6.45, 7) is 3.93. The summed E-state index contributed by atoms with van der Waals surface area (Å²) in [4.78, 5) is 12.5. The fourth-order valence-electron chi connectivity index (χ4n) is 1.48. The van der Waals surface area contributed by atoms with Gasteiger partial charge in [0, 0.05) is 9.35 Å². The van der Waals surface area contributed by atoms with E-state index in [0.717, 1.165) is 25.9 Å². The molecule has 0 fully saturated rings. The Labute approximate surface area is 104 Å². The zero-order chi connectivity index (χ0) is 11.2. The largest absolute Gasteiger partial charge is 0.544 e. The Morgan fingerprint density at radius 2 is 2.07 bits per heavy atom. The van der Waals surface area contributed by atoms with Crippen LogP contribution < -0.4 is 5.11 Å². The van der Waals surface area contributed by atoms with Crippen LogP contribution in [0.3, 0.4) is 0 Å². The predicted octanol–water partition coefficient (Wildman–Crippen LogP) is 2.96. The van der Waals surface area contributed by atoms with Crippen LogP contribution in [0.1, 0.15) is 27.0 Å². The first-order valence-electron chi connectivity index (χ1n) is 4.47. The standard InChI is InChI=1S/C10H9BrO2S2/c1-3-5-6(11)9-7(14-5)4(2)8(15-9)10(12)13/h3H2,1-2H3,(H,12,13)/p-1. The van der Waals surface area contributed by atoms with Crippen LogP contribution in [0.15, 0.2) is 4.47 Å². The van der Waals surface area contributed by atoms with E-state index in [2.05, 4.69) is 22.9 Å². The fourth-order valence-corrected chi connectivity index (χ4v) is 4.99. The van der Waals surface area contributed by atoms with Crippen LogP contribution in [-0.4, -0.2) is 5.97 Å². The van der Waals surface area contributed by atoms with Crippen molar-refractivity contribution in [1.82, 2.24) is 0 Å². The minimum Gasteiger partial charge on any atom is -0.544 e. The number of aromatic carboxylic acids is 1. The van der Waals surface area contributed by atoms with Crippen molar-refractivity contribution in [1.29, 1.82) is 0 Å². The maximum atomic E-state index is 10.8. The van der Waals surface area contributed by atoms with Gasteiger partial charge < -0.3 is 9.90 Å². The molecule has 0 saturated heterocycles. The second kappa shape index (κ2) is 3.88. The summed E-state index contributed by atoms with van der Waals surface area (Å²) < 4.78 is 3.15. The smallest absolute Gasteiger partial charge is 0.0818 e. The monoisotopic (exact) mass is 303 g/mol. The van der Waals surface area contributed by atoms with Crippen LogP contribution in [-0.2, 0) is 6.42 Å². The first-order valence-corrected chi connectivity index (χ1v) is 6.90. The van der Waals surface area contributed by atoms with Crippen molar-refractivity contribution in [2.24, 2.45) is 0 Å². The van der Waals surface area contributed by atoms with Gasteiger partial charge in [0.1, 0.15) is 0 Å². The number of carbonyl (C=O) groups excluding carboxylic acids is 1. The summed E-state index contributed by atoms with van der Waals surface area (Å²) in [5.41, 5.74) is 0.834. The van der Waals surface area contributed by atoms with E-state index in [4.69, 9.17) is 0 Å². The minimum atomic E-state index is -1.08. The highest BCUT2D eigenvalue weighted by Gasteiger charge is 2.16. The molecule has 0 spiro atoms. The molecule has 0 atom stereocenters. The van der Waals surface area contributed by atoms with E-state index < -0.39 is 5.97 Å². The third kappa shape index (κ3) is 1.62. The fraction of sp³-hybridized carbons (Fsp3) is 0.300. The average Bonchev–Trinajstić information content (AvgIpc) is 2.66. The van der Waals surface area contributed by atoms with Gasteiger partial charge in [0.15, 0.2) is 0 Å². The minimum absolute atomic E-state index is 0.347. The van der Waals surface area contributed by atoms with E-state index in [0.29, 0.717) is 4.88 Å². The van der Waals surface area contributed by atoms with E-state index in [-0.39, 0.29) is 0 Å². The molecule has 5 heteroatoms. The summed E-state index contributed by atoms with van der Waals surface area (Å²) in [6, 6.07) is 0. The molecule has 0 N–H and O–H groups in total. The molecule has 2 aromatic heterocycles. The van der Waals surface area contributed by atoms with Gasteiger partial charge in [-0.2, -0.15) is 0 Å². The SMILES string of the molecule is CCc1sc2c(C)c(C(=O)[O-])sc2c1Br. The number of hydrogen-bond donors (Lipinski definition) is 0. The lowest BCUT2D eigenvalue weighted by Gasteiger charge is -1.98. The average molecular weight is 304 g/mol. The molecular weight excluding hydrogens is 296 g/mol. The Balaban J connectivity index is 2.76. The van der Waals surface area contributed by atoms with Crippen LogP contribution in [0.5, 0.6) is 0 Å². The number of rotatable bonds is 2. The number of carboxylic acid groups (broad SMARTS) is 1. The van der Waals surface area contributed by atoms with E-state index >= 15 is 0 Å². The number of thiophene rings is 2. The number of hydrogen-bond acceptors (Lipinski definition) is 4. The number of fused-ring (bicyclic) bond motifs is 1. The van der Waals surface area contributed by atoms with E-state index in [1.807, 2.05) is 6.92 Å². The molecule has 0 bridgehead atoms. The van der Waals surface area contributed by atoms with Crippen LogP contribution in [0.2, 0.25) is 0 Å². The number of carboxylic acids is 1. The lowest BCUT2D eigenvalue weighted by atomic mass is 10.3. The molecule has 0 aromatic carbocycles. The molecular formula is C10H8BrO2S2-. The van der Waals surface area contributed by atoms with Crippen molar-refractivity contribution < 1.29 is 9.90 Å². The second-order valence-electron chi connectivity index (χ2n) is 3.19. The lowest BCUT2D eigenvalue weighted by Crippen LogP contribution is -2.21. The van der Waals surface area contributed by atoms with Crippen LogP contribution in [0.4, 0.5) is 0 Å². The quantitative estimate of drug-likeness (QED) is 0.856. The third-order valence-corrected chi connectivity index (χ3v) is 6.54. The van der Waals surface area contributed by atoms with Crippen molar-refractivity contribution in [3.8, 4) is 0 Å². The normalized spacial score (nSPS) is 11.1. The molecule has 2 aromatic rings. The van der Waals surface area contributed by atoms with Gasteiger partial charge in [0.25, 0.3) is 0 Å². The molecule has 0 amide bonds. The third-order valence-electron chi connectivity index (χ3n) is 2.27. The molecule has 0 saturated carbocycles. The highest BCUT2D eigenvalue weighted by Crippen LogP contribution is 2.43. The first-order chi connectivity index (χ1) is 7.06. The molecule has 0 unspecified atom stereocenters. The molecule has 0 aliphatic carbocycles. The number of halogens is 1. The summed E-state index contributed by atoms with van der Waals surface area (Å²) in [7, 11) is 0. The van der Waals surface area contributed by atoms with E-state index in [1.165, 1.54) is 16.2 Å². The number of aryl methyl sites for hydroxylation is 2. The second-order valence-corrected chi connectivity index (χ2v) is 6.11. The van der Waals surface area contributed by atoms with Gasteiger partial charge in [-0.25, -0.2) is 0 Å². The van der Waals surface area contributed by atoms with Crippen molar-refractivity contribution in [2.45, 2.75) is 20.3 Å². The summed E-state index contributed by atoms with van der Waals surface area (Å²) >= 11 is 6.47. The van der Waals surface area contributed by atoms with Crippen molar-refractivity contribution >= 4 is 54.0 Å². The topological polar surface area (TPSA) is 40.1 Å². The molecule has 15 heavy (non-hydrogen) atoms. The van der Waals surface area contributed by atoms with Gasteiger partial charge in [0.05, 0.1) is 20.2 Å². The highest BCUT2D eigenvalue weighted by molar-refractivity contribution is 9.10. The molecule has 2 rings (SSSR count). The van der Waals surface area contributed by atoms with Crippen LogP contribution in [0, 0.1) is 6.92 Å². The van der Waals surface area contributed by atoms with Crippen molar-refractivity contribution in [3.63, 3.8) is 0 Å². The van der Waals surface area contributed by atoms with Gasteiger partial charge in [-0.05, 0) is 34.8 Å². The first kappa shape index (κ1) is 11.1. The summed E-state index contributed by atoms with van der Waals surface area (Å²) in [6.07, 6.45) is 0.965. The highest BCUT2D eigenvalue weighted by atomic mass is 79.9. The number of carbonyl (C=O) groups is 1. The maximum absolute atomic E-state index is 10.8. The Morgan fingerprint density at radius 1 is 1.40 bits per heavy atom.